The molecule has 4 nitrogen and oxygen atoms in total. The molecule has 0 N–H and O–H groups in total. The van der Waals surface area contributed by atoms with Crippen LogP contribution in [0.15, 0.2) is 0 Å². The Balaban J connectivity index is 2.43. The average Bonchev–Trinajstić information content (AvgIpc) is 2.19. The largest absolute Gasteiger partial charge is 0.301 e. The molecule has 0 aromatic heterocycles. The summed E-state index contributed by atoms with van der Waals surface area (Å²) < 4.78 is 24.9. The molecule has 1 aliphatic heterocycles. The van der Waals surface area contributed by atoms with Crippen molar-refractivity contribution in [3.63, 3.8) is 0 Å². The van der Waals surface area contributed by atoms with Crippen LogP contribution in [0.5, 0.6) is 0 Å². The third-order valence-corrected chi connectivity index (χ3v) is 4.88. The zero-order valence-corrected chi connectivity index (χ0v) is 10.7. The van der Waals surface area contributed by atoms with Crippen molar-refractivity contribution in [2.45, 2.75) is 13.3 Å². The second-order valence-electron chi connectivity index (χ2n) is 3.75. The number of nitrogens with zero attached hydrogens (tertiary/aromatic N) is 2. The van der Waals surface area contributed by atoms with E-state index in [0.29, 0.717) is 13.1 Å². The Morgan fingerprint density at radius 3 is 2.27 bits per heavy atom. The number of alkyl halides is 1. The fourth-order valence-electron chi connectivity index (χ4n) is 1.77. The highest BCUT2D eigenvalue weighted by atomic mass is 35.5. The van der Waals surface area contributed by atoms with Crippen molar-refractivity contribution in [3.05, 3.63) is 0 Å². The molecule has 0 aromatic rings. The van der Waals surface area contributed by atoms with E-state index in [9.17, 15) is 8.42 Å². The van der Waals surface area contributed by atoms with Gasteiger partial charge in [-0.15, -0.1) is 11.6 Å². The van der Waals surface area contributed by atoms with Crippen LogP contribution >= 0.6 is 11.6 Å². The van der Waals surface area contributed by atoms with Crippen molar-refractivity contribution in [2.75, 3.05) is 44.4 Å². The van der Waals surface area contributed by atoms with Gasteiger partial charge in [-0.05, 0) is 13.0 Å². The second-order valence-corrected chi connectivity index (χ2v) is 6.21. The molecule has 1 fully saturated rings. The molecule has 0 saturated carbocycles. The van der Waals surface area contributed by atoms with Gasteiger partial charge in [0.1, 0.15) is 0 Å². The lowest BCUT2D eigenvalue weighted by molar-refractivity contribution is 0.189. The highest BCUT2D eigenvalue weighted by Crippen LogP contribution is 2.08. The van der Waals surface area contributed by atoms with Crippen LogP contribution in [0.4, 0.5) is 0 Å². The SMILES string of the molecule is CCCN1CCN(S(=O)(=O)CCCl)CC1. The smallest absolute Gasteiger partial charge is 0.215 e. The van der Waals surface area contributed by atoms with Crippen molar-refractivity contribution in [3.8, 4) is 0 Å². The Hall–Kier alpha value is 0.160. The van der Waals surface area contributed by atoms with E-state index in [2.05, 4.69) is 11.8 Å². The summed E-state index contributed by atoms with van der Waals surface area (Å²) >= 11 is 5.47. The van der Waals surface area contributed by atoms with Gasteiger partial charge < -0.3 is 4.90 Å². The summed E-state index contributed by atoms with van der Waals surface area (Å²) in [6, 6.07) is 0. The monoisotopic (exact) mass is 254 g/mol. The van der Waals surface area contributed by atoms with Crippen LogP contribution in [0.25, 0.3) is 0 Å². The molecule has 90 valence electrons. The minimum atomic E-state index is -3.10. The maximum Gasteiger partial charge on any atom is 0.215 e. The summed E-state index contributed by atoms with van der Waals surface area (Å²) in [5.74, 6) is 0.236. The minimum absolute atomic E-state index is 0.0579. The third kappa shape index (κ3) is 3.90. The number of hydrogen-bond acceptors (Lipinski definition) is 3. The standard InChI is InChI=1S/C9H19ClN2O2S/c1-2-4-11-5-7-12(8-6-11)15(13,14)9-3-10/h2-9H2,1H3. The van der Waals surface area contributed by atoms with Gasteiger partial charge in [0.25, 0.3) is 0 Å². The van der Waals surface area contributed by atoms with E-state index < -0.39 is 10.0 Å². The first-order valence-corrected chi connectivity index (χ1v) is 7.50. The van der Waals surface area contributed by atoms with E-state index in [1.54, 1.807) is 4.31 Å². The van der Waals surface area contributed by atoms with E-state index in [1.165, 1.54) is 0 Å². The van der Waals surface area contributed by atoms with Gasteiger partial charge in [0.05, 0.1) is 5.75 Å². The number of hydrogen-bond donors (Lipinski definition) is 0. The van der Waals surface area contributed by atoms with Crippen molar-refractivity contribution in [1.82, 2.24) is 9.21 Å². The summed E-state index contributed by atoms with van der Waals surface area (Å²) in [6.45, 7) is 6.10. The van der Waals surface area contributed by atoms with E-state index >= 15 is 0 Å². The molecule has 15 heavy (non-hydrogen) atoms. The Morgan fingerprint density at radius 2 is 1.80 bits per heavy atom. The highest BCUT2D eigenvalue weighted by molar-refractivity contribution is 7.89. The first-order valence-electron chi connectivity index (χ1n) is 5.36. The summed E-state index contributed by atoms with van der Waals surface area (Å²) in [6.07, 6.45) is 1.12. The van der Waals surface area contributed by atoms with Gasteiger partial charge in [0.2, 0.25) is 10.0 Å². The zero-order valence-electron chi connectivity index (χ0n) is 9.15. The lowest BCUT2D eigenvalue weighted by atomic mass is 10.3. The molecule has 6 heteroatoms. The number of sulfonamides is 1. The van der Waals surface area contributed by atoms with Gasteiger partial charge >= 0.3 is 0 Å². The predicted octanol–water partition coefficient (Wildman–Crippen LogP) is 0.583. The molecular formula is C9H19ClN2O2S. The molecule has 0 atom stereocenters. The molecule has 1 aliphatic rings. The van der Waals surface area contributed by atoms with Crippen LogP contribution in [-0.4, -0.2) is 62.0 Å². The van der Waals surface area contributed by atoms with Gasteiger partial charge in [-0.25, -0.2) is 8.42 Å². The van der Waals surface area contributed by atoms with Crippen molar-refractivity contribution in [2.24, 2.45) is 0 Å². The lowest BCUT2D eigenvalue weighted by Gasteiger charge is -2.33. The van der Waals surface area contributed by atoms with E-state index in [1.807, 2.05) is 0 Å². The van der Waals surface area contributed by atoms with Crippen LogP contribution in [0, 0.1) is 0 Å². The fraction of sp³-hybridized carbons (Fsp3) is 1.00. The summed E-state index contributed by atoms with van der Waals surface area (Å²) in [5.41, 5.74) is 0. The van der Waals surface area contributed by atoms with E-state index in [0.717, 1.165) is 26.1 Å². The second kappa shape index (κ2) is 6.03. The summed E-state index contributed by atoms with van der Waals surface area (Å²) in [5, 5.41) is 0. The lowest BCUT2D eigenvalue weighted by Crippen LogP contribution is -2.49. The highest BCUT2D eigenvalue weighted by Gasteiger charge is 2.25. The quantitative estimate of drug-likeness (QED) is 0.674. The van der Waals surface area contributed by atoms with Crippen LogP contribution in [0.1, 0.15) is 13.3 Å². The molecule has 0 aliphatic carbocycles. The van der Waals surface area contributed by atoms with Gasteiger partial charge in [-0.3, -0.25) is 0 Å². The zero-order chi connectivity index (χ0) is 11.3. The number of halogens is 1. The normalized spacial score (nSPS) is 20.7. The van der Waals surface area contributed by atoms with Crippen LogP contribution in [0.3, 0.4) is 0 Å². The first kappa shape index (κ1) is 13.2. The van der Waals surface area contributed by atoms with Gasteiger partial charge in [0.15, 0.2) is 0 Å². The Bertz CT molecular complexity index is 274. The molecule has 1 rings (SSSR count). The molecule has 0 radical (unpaired) electrons. The molecule has 0 aromatic carbocycles. The summed E-state index contributed by atoms with van der Waals surface area (Å²) in [4.78, 5) is 2.30. The van der Waals surface area contributed by atoms with Crippen LogP contribution in [-0.2, 0) is 10.0 Å². The van der Waals surface area contributed by atoms with Gasteiger partial charge in [-0.2, -0.15) is 4.31 Å². The maximum atomic E-state index is 11.7. The molecule has 1 heterocycles. The van der Waals surface area contributed by atoms with Crippen molar-refractivity contribution < 1.29 is 8.42 Å². The minimum Gasteiger partial charge on any atom is -0.301 e. The molecule has 0 spiro atoms. The van der Waals surface area contributed by atoms with E-state index in [4.69, 9.17) is 11.6 Å². The Kier molecular flexibility index (Phi) is 5.32. The van der Waals surface area contributed by atoms with E-state index in [-0.39, 0.29) is 11.6 Å². The topological polar surface area (TPSA) is 40.6 Å². The summed E-state index contributed by atoms with van der Waals surface area (Å²) in [7, 11) is -3.10. The molecule has 1 saturated heterocycles. The number of piperazine rings is 1. The number of rotatable bonds is 5. The molecule has 0 bridgehead atoms. The van der Waals surface area contributed by atoms with Crippen molar-refractivity contribution >= 4 is 21.6 Å². The van der Waals surface area contributed by atoms with Crippen LogP contribution in [0.2, 0.25) is 0 Å². The molecular weight excluding hydrogens is 236 g/mol. The van der Waals surface area contributed by atoms with Gasteiger partial charge in [0, 0.05) is 32.1 Å². The first-order chi connectivity index (χ1) is 7.10. The average molecular weight is 255 g/mol. The van der Waals surface area contributed by atoms with Gasteiger partial charge in [-0.1, -0.05) is 6.92 Å². The Labute approximate surface area is 97.2 Å². The third-order valence-electron chi connectivity index (χ3n) is 2.60. The van der Waals surface area contributed by atoms with Crippen LogP contribution < -0.4 is 0 Å². The van der Waals surface area contributed by atoms with Crippen molar-refractivity contribution in [1.29, 1.82) is 0 Å². The maximum absolute atomic E-state index is 11.7. The fourth-order valence-corrected chi connectivity index (χ4v) is 3.53. The predicted molar refractivity (Wildman–Crippen MR) is 62.8 cm³/mol. The molecule has 0 amide bonds. The Morgan fingerprint density at radius 1 is 1.20 bits per heavy atom. The molecule has 0 unspecified atom stereocenters.